The van der Waals surface area contributed by atoms with E-state index in [1.165, 1.54) is 13.8 Å². The molecule has 0 atom stereocenters. The average molecular weight is 422 g/mol. The fourth-order valence-corrected chi connectivity index (χ4v) is 2.72. The minimum Gasteiger partial charge on any atom is -0.461 e. The lowest BCUT2D eigenvalue weighted by Crippen LogP contribution is -2.17. The van der Waals surface area contributed by atoms with Gasteiger partial charge in [-0.15, -0.1) is 0 Å². The van der Waals surface area contributed by atoms with Crippen LogP contribution in [-0.4, -0.2) is 23.5 Å². The van der Waals surface area contributed by atoms with Crippen molar-refractivity contribution in [1.29, 1.82) is 0 Å². The summed E-state index contributed by atoms with van der Waals surface area (Å²) >= 11 is 0. The number of anilines is 1. The van der Waals surface area contributed by atoms with Gasteiger partial charge in [0, 0.05) is 11.4 Å². The van der Waals surface area contributed by atoms with Gasteiger partial charge in [-0.1, -0.05) is 0 Å². The molecule has 2 rings (SSSR count). The van der Waals surface area contributed by atoms with Gasteiger partial charge in [-0.3, -0.25) is 4.79 Å². The lowest BCUT2D eigenvalue weighted by atomic mass is 10.1. The summed E-state index contributed by atoms with van der Waals surface area (Å²) < 4.78 is 82.5. The number of hydrogen-bond acceptors (Lipinski definition) is 3. The van der Waals surface area contributed by atoms with E-state index in [-0.39, 0.29) is 35.2 Å². The molecule has 0 fully saturated rings. The van der Waals surface area contributed by atoms with Gasteiger partial charge in [0.15, 0.2) is 0 Å². The second-order valence-electron chi connectivity index (χ2n) is 6.09. The minimum atomic E-state index is -5.04. The number of nitrogens with one attached hydrogen (secondary N) is 2. The first-order chi connectivity index (χ1) is 13.3. The van der Waals surface area contributed by atoms with Crippen LogP contribution in [0.3, 0.4) is 0 Å². The van der Waals surface area contributed by atoms with Crippen molar-refractivity contribution < 1.29 is 40.7 Å². The summed E-state index contributed by atoms with van der Waals surface area (Å²) in [5, 5.41) is 2.04. The quantitative estimate of drug-likeness (QED) is 0.532. The highest BCUT2D eigenvalue weighted by atomic mass is 19.4. The third-order valence-corrected chi connectivity index (χ3v) is 3.99. The van der Waals surface area contributed by atoms with E-state index in [1.807, 2.05) is 5.32 Å². The van der Waals surface area contributed by atoms with Crippen molar-refractivity contribution >= 4 is 17.6 Å². The first-order valence-electron chi connectivity index (χ1n) is 8.22. The van der Waals surface area contributed by atoms with Crippen LogP contribution in [0.15, 0.2) is 18.2 Å². The molecular weight excluding hydrogens is 406 g/mol. The molecule has 0 aliphatic carbocycles. The maximum atomic E-state index is 13.0. The number of aromatic nitrogens is 1. The number of aromatic amines is 1. The van der Waals surface area contributed by atoms with Crippen LogP contribution in [0, 0.1) is 13.8 Å². The summed E-state index contributed by atoms with van der Waals surface area (Å²) in [6, 6.07) is 0.759. The van der Waals surface area contributed by atoms with Crippen LogP contribution in [-0.2, 0) is 17.1 Å². The van der Waals surface area contributed by atoms with Gasteiger partial charge in [-0.05, 0) is 44.5 Å². The number of H-pyrrole nitrogens is 1. The molecule has 0 radical (unpaired) electrons. The Hall–Kier alpha value is -2.98. The maximum Gasteiger partial charge on any atom is 0.416 e. The van der Waals surface area contributed by atoms with Crippen molar-refractivity contribution in [2.75, 3.05) is 11.9 Å². The molecule has 2 N–H and O–H groups in total. The fraction of sp³-hybridized carbons (Fsp3) is 0.333. The summed E-state index contributed by atoms with van der Waals surface area (Å²) in [5.41, 5.74) is -3.56. The number of ether oxygens (including phenoxy) is 1. The third-order valence-electron chi connectivity index (χ3n) is 3.99. The number of carbonyl (C=O) groups is 2. The topological polar surface area (TPSA) is 71.2 Å². The number of amides is 1. The number of aryl methyl sites for hydroxylation is 1. The fourth-order valence-electron chi connectivity index (χ4n) is 2.72. The van der Waals surface area contributed by atoms with E-state index in [9.17, 15) is 35.9 Å². The molecule has 158 valence electrons. The first-order valence-corrected chi connectivity index (χ1v) is 8.22. The molecule has 0 unspecified atom stereocenters. The Balaban J connectivity index is 2.44. The third kappa shape index (κ3) is 4.90. The normalized spacial score (nSPS) is 12.0. The number of benzene rings is 1. The molecule has 29 heavy (non-hydrogen) atoms. The van der Waals surface area contributed by atoms with E-state index in [2.05, 4.69) is 4.98 Å². The summed E-state index contributed by atoms with van der Waals surface area (Å²) in [5.74, 6) is -1.72. The monoisotopic (exact) mass is 422 g/mol. The van der Waals surface area contributed by atoms with Crippen molar-refractivity contribution in [2.24, 2.45) is 0 Å². The van der Waals surface area contributed by atoms with Gasteiger partial charge in [0.2, 0.25) is 0 Å². The van der Waals surface area contributed by atoms with E-state index in [0.717, 1.165) is 0 Å². The Bertz CT molecular complexity index is 912. The SMILES string of the molecule is CCOC(=O)c1[nH]c(C)c(C(=O)Nc2cc(C(F)(F)F)cc(C(F)(F)F)c2)c1C. The van der Waals surface area contributed by atoms with Crippen LogP contribution in [0.2, 0.25) is 0 Å². The Labute approximate surface area is 161 Å². The maximum absolute atomic E-state index is 13.0. The molecule has 2 aromatic rings. The molecule has 5 nitrogen and oxygen atoms in total. The van der Waals surface area contributed by atoms with Crippen molar-refractivity contribution in [1.82, 2.24) is 4.98 Å². The zero-order valence-electron chi connectivity index (χ0n) is 15.4. The van der Waals surface area contributed by atoms with Gasteiger partial charge in [-0.2, -0.15) is 26.3 Å². The van der Waals surface area contributed by atoms with Crippen LogP contribution < -0.4 is 5.32 Å². The highest BCUT2D eigenvalue weighted by molar-refractivity contribution is 6.08. The van der Waals surface area contributed by atoms with Gasteiger partial charge in [0.25, 0.3) is 5.91 Å². The van der Waals surface area contributed by atoms with Gasteiger partial charge < -0.3 is 15.0 Å². The minimum absolute atomic E-state index is 0.0328. The predicted octanol–water partition coefficient (Wildman–Crippen LogP) is 5.10. The average Bonchev–Trinajstić information content (AvgIpc) is 2.88. The Morgan fingerprint density at radius 3 is 1.97 bits per heavy atom. The predicted molar refractivity (Wildman–Crippen MR) is 90.6 cm³/mol. The molecule has 0 bridgehead atoms. The molecule has 0 aliphatic rings. The zero-order chi connectivity index (χ0) is 22.1. The highest BCUT2D eigenvalue weighted by Gasteiger charge is 2.37. The molecule has 0 saturated carbocycles. The van der Waals surface area contributed by atoms with E-state index in [0.29, 0.717) is 12.1 Å². The molecular formula is C18H16F6N2O3. The highest BCUT2D eigenvalue weighted by Crippen LogP contribution is 2.37. The molecule has 1 aromatic carbocycles. The summed E-state index contributed by atoms with van der Waals surface area (Å²) in [4.78, 5) is 27.1. The van der Waals surface area contributed by atoms with Crippen LogP contribution in [0.4, 0.5) is 32.0 Å². The number of carbonyl (C=O) groups excluding carboxylic acids is 2. The van der Waals surface area contributed by atoms with Gasteiger partial charge in [0.05, 0.1) is 23.3 Å². The van der Waals surface area contributed by atoms with E-state index in [4.69, 9.17) is 4.74 Å². The molecule has 1 aromatic heterocycles. The van der Waals surface area contributed by atoms with Gasteiger partial charge in [-0.25, -0.2) is 4.79 Å². The number of halogens is 6. The van der Waals surface area contributed by atoms with Crippen LogP contribution in [0.5, 0.6) is 0 Å². The van der Waals surface area contributed by atoms with Crippen molar-refractivity contribution in [2.45, 2.75) is 33.1 Å². The second-order valence-corrected chi connectivity index (χ2v) is 6.09. The lowest BCUT2D eigenvalue weighted by Gasteiger charge is -2.15. The largest absolute Gasteiger partial charge is 0.461 e. The number of rotatable bonds is 4. The molecule has 1 heterocycles. The summed E-state index contributed by atoms with van der Waals surface area (Å²) in [7, 11) is 0. The Kier molecular flexibility index (Phi) is 6.00. The summed E-state index contributed by atoms with van der Waals surface area (Å²) in [6.07, 6.45) is -10.1. The van der Waals surface area contributed by atoms with Crippen LogP contribution in [0.25, 0.3) is 0 Å². The molecule has 11 heteroatoms. The zero-order valence-corrected chi connectivity index (χ0v) is 15.4. The van der Waals surface area contributed by atoms with E-state index < -0.39 is 41.0 Å². The number of hydrogen-bond donors (Lipinski definition) is 2. The number of alkyl halides is 6. The van der Waals surface area contributed by atoms with Crippen molar-refractivity contribution in [3.8, 4) is 0 Å². The summed E-state index contributed by atoms with van der Waals surface area (Å²) in [6.45, 7) is 4.47. The second kappa shape index (κ2) is 7.80. The van der Waals surface area contributed by atoms with Crippen LogP contribution in [0.1, 0.15) is 50.2 Å². The molecule has 0 spiro atoms. The molecule has 1 amide bonds. The van der Waals surface area contributed by atoms with E-state index >= 15 is 0 Å². The van der Waals surface area contributed by atoms with Crippen molar-refractivity contribution in [3.05, 3.63) is 51.8 Å². The van der Waals surface area contributed by atoms with E-state index in [1.54, 1.807) is 6.92 Å². The Morgan fingerprint density at radius 1 is 1.00 bits per heavy atom. The standard InChI is InChI=1S/C18H16F6N2O3/c1-4-29-16(28)14-8(2)13(9(3)25-14)15(27)26-12-6-10(17(19,20)21)5-11(7-12)18(22,23)24/h5-7,25H,4H2,1-3H3,(H,26,27). The Morgan fingerprint density at radius 2 is 1.52 bits per heavy atom. The lowest BCUT2D eigenvalue weighted by molar-refractivity contribution is -0.143. The first kappa shape index (κ1) is 22.3. The smallest absolute Gasteiger partial charge is 0.416 e. The van der Waals surface area contributed by atoms with Gasteiger partial charge in [0.1, 0.15) is 5.69 Å². The molecule has 0 saturated heterocycles. The van der Waals surface area contributed by atoms with Crippen molar-refractivity contribution in [3.63, 3.8) is 0 Å². The van der Waals surface area contributed by atoms with Gasteiger partial charge >= 0.3 is 18.3 Å². The number of esters is 1. The van der Waals surface area contributed by atoms with Crippen LogP contribution >= 0.6 is 0 Å². The molecule has 0 aliphatic heterocycles.